The van der Waals surface area contributed by atoms with E-state index in [2.05, 4.69) is 69.4 Å². The van der Waals surface area contributed by atoms with E-state index in [-0.39, 0.29) is 31.1 Å². The summed E-state index contributed by atoms with van der Waals surface area (Å²) in [6.07, 6.45) is 63.0. The van der Waals surface area contributed by atoms with Crippen LogP contribution in [0.4, 0.5) is 0 Å². The number of rotatable bonds is 46. The molecule has 1 atom stereocenters. The summed E-state index contributed by atoms with van der Waals surface area (Å²) in [5, 5.41) is 0. The van der Waals surface area contributed by atoms with Crippen LogP contribution in [-0.4, -0.2) is 37.2 Å². The summed E-state index contributed by atoms with van der Waals surface area (Å²) in [4.78, 5) is 38.0. The van der Waals surface area contributed by atoms with Gasteiger partial charge in [-0.3, -0.25) is 14.4 Å². The second-order valence-electron chi connectivity index (χ2n) is 17.2. The summed E-state index contributed by atoms with van der Waals surface area (Å²) in [5.41, 5.74) is 0. The third-order valence-electron chi connectivity index (χ3n) is 11.0. The van der Waals surface area contributed by atoms with Crippen molar-refractivity contribution in [3.63, 3.8) is 0 Å². The highest BCUT2D eigenvalue weighted by molar-refractivity contribution is 5.71. The van der Waals surface area contributed by atoms with E-state index >= 15 is 0 Å². The van der Waals surface area contributed by atoms with Gasteiger partial charge in [0.15, 0.2) is 6.10 Å². The molecule has 1 unspecified atom stereocenters. The minimum absolute atomic E-state index is 0.0884. The van der Waals surface area contributed by atoms with E-state index in [4.69, 9.17) is 14.2 Å². The number of carbonyl (C=O) groups is 3. The number of hydrogen-bond donors (Lipinski definition) is 0. The Labute approximate surface area is 382 Å². The highest BCUT2D eigenvalue weighted by Crippen LogP contribution is 2.15. The van der Waals surface area contributed by atoms with E-state index in [0.29, 0.717) is 19.3 Å². The lowest BCUT2D eigenvalue weighted by molar-refractivity contribution is -0.167. The molecule has 0 aliphatic carbocycles. The summed E-state index contributed by atoms with van der Waals surface area (Å²) >= 11 is 0. The number of carbonyl (C=O) groups excluding carboxylic acids is 3. The molecule has 0 bridgehead atoms. The Morgan fingerprint density at radius 1 is 0.323 bits per heavy atom. The molecule has 62 heavy (non-hydrogen) atoms. The predicted octanol–water partition coefficient (Wildman–Crippen LogP) is 17.0. The molecule has 0 aromatic rings. The van der Waals surface area contributed by atoms with Gasteiger partial charge in [-0.1, -0.05) is 235 Å². The zero-order valence-corrected chi connectivity index (χ0v) is 40.6. The van der Waals surface area contributed by atoms with Crippen LogP contribution in [0.5, 0.6) is 0 Å². The summed E-state index contributed by atoms with van der Waals surface area (Å²) in [5.74, 6) is -0.928. The zero-order valence-electron chi connectivity index (χ0n) is 40.6. The molecule has 6 heteroatoms. The minimum atomic E-state index is -0.791. The third kappa shape index (κ3) is 47.9. The van der Waals surface area contributed by atoms with Gasteiger partial charge in [0.05, 0.1) is 0 Å². The minimum Gasteiger partial charge on any atom is -0.462 e. The average Bonchev–Trinajstić information content (AvgIpc) is 3.27. The first-order chi connectivity index (χ1) is 30.5. The highest BCUT2D eigenvalue weighted by atomic mass is 16.6. The largest absolute Gasteiger partial charge is 0.462 e. The molecule has 0 amide bonds. The topological polar surface area (TPSA) is 78.9 Å². The Balaban J connectivity index is 4.44. The Morgan fingerprint density at radius 3 is 1.03 bits per heavy atom. The van der Waals surface area contributed by atoms with E-state index in [1.54, 1.807) is 0 Å². The molecule has 0 heterocycles. The molecule has 0 aliphatic heterocycles. The van der Waals surface area contributed by atoms with Gasteiger partial charge in [0.25, 0.3) is 0 Å². The average molecular weight is 865 g/mol. The van der Waals surface area contributed by atoms with Crippen LogP contribution in [0.15, 0.2) is 72.9 Å². The van der Waals surface area contributed by atoms with Crippen molar-refractivity contribution < 1.29 is 28.6 Å². The van der Waals surface area contributed by atoms with Crippen LogP contribution >= 0.6 is 0 Å². The van der Waals surface area contributed by atoms with Crippen LogP contribution in [0.1, 0.15) is 245 Å². The van der Waals surface area contributed by atoms with Crippen molar-refractivity contribution in [2.75, 3.05) is 13.2 Å². The van der Waals surface area contributed by atoms with Gasteiger partial charge < -0.3 is 14.2 Å². The van der Waals surface area contributed by atoms with Gasteiger partial charge in [-0.25, -0.2) is 0 Å². The fourth-order valence-electron chi connectivity index (χ4n) is 7.11. The first-order valence-corrected chi connectivity index (χ1v) is 26.0. The summed E-state index contributed by atoms with van der Waals surface area (Å²) in [6.45, 7) is 6.51. The summed E-state index contributed by atoms with van der Waals surface area (Å²) in [6, 6.07) is 0. The Kier molecular flexibility index (Phi) is 47.9. The van der Waals surface area contributed by atoms with Gasteiger partial charge in [0, 0.05) is 19.3 Å². The van der Waals surface area contributed by atoms with Crippen LogP contribution in [0, 0.1) is 0 Å². The van der Waals surface area contributed by atoms with Gasteiger partial charge in [-0.2, -0.15) is 0 Å². The molecular weight excluding hydrogens is 769 g/mol. The van der Waals surface area contributed by atoms with Gasteiger partial charge in [-0.05, 0) is 64.2 Å². The molecule has 0 N–H and O–H groups in total. The van der Waals surface area contributed by atoms with Crippen LogP contribution < -0.4 is 0 Å². The SMILES string of the molecule is CCC\C=C/C=C\C=C/C=C\C=C/CCCCCCCC(=O)OCC(COC(=O)CCCCCCCCCCCCCC)OC(=O)CCCCC/C=C\CCCCCCCCC. The molecule has 0 spiro atoms. The van der Waals surface area contributed by atoms with Gasteiger partial charge in [0.1, 0.15) is 13.2 Å². The lowest BCUT2D eigenvalue weighted by Crippen LogP contribution is -2.30. The molecule has 0 rings (SSSR count). The van der Waals surface area contributed by atoms with E-state index in [9.17, 15) is 14.4 Å². The van der Waals surface area contributed by atoms with Gasteiger partial charge in [-0.15, -0.1) is 0 Å². The zero-order chi connectivity index (χ0) is 45.1. The number of esters is 3. The van der Waals surface area contributed by atoms with Crippen LogP contribution in [0.3, 0.4) is 0 Å². The van der Waals surface area contributed by atoms with Crippen LogP contribution in [-0.2, 0) is 28.6 Å². The standard InChI is InChI=1S/C56H96O6/c1-4-7-10-13-16-19-22-25-27-28-29-30-32-34-37-40-43-46-49-55(58)61-52-53(51-60-54(57)48-45-42-39-36-33-24-21-18-15-12-9-6-3)62-56(59)50-47-44-41-38-35-31-26-23-20-17-14-11-8-5-2/h10,13,16,19,22,25,27-31,35,53H,4-9,11-12,14-15,17-18,20-21,23-24,26,32-34,36-52H2,1-3H3/b13-10-,19-16-,25-22-,28-27-,30-29-,35-31-. The maximum Gasteiger partial charge on any atom is 0.306 e. The Hall–Kier alpha value is -3.15. The van der Waals surface area contributed by atoms with Gasteiger partial charge >= 0.3 is 17.9 Å². The van der Waals surface area contributed by atoms with Crippen molar-refractivity contribution in [2.45, 2.75) is 252 Å². The maximum absolute atomic E-state index is 12.8. The Bertz CT molecular complexity index is 1180. The van der Waals surface area contributed by atoms with E-state index in [1.165, 1.54) is 109 Å². The molecule has 356 valence electrons. The fourth-order valence-corrected chi connectivity index (χ4v) is 7.11. The first kappa shape index (κ1) is 58.9. The highest BCUT2D eigenvalue weighted by Gasteiger charge is 2.19. The third-order valence-corrected chi connectivity index (χ3v) is 11.0. The Morgan fingerprint density at radius 2 is 0.629 bits per heavy atom. The van der Waals surface area contributed by atoms with Crippen molar-refractivity contribution in [3.8, 4) is 0 Å². The van der Waals surface area contributed by atoms with Crippen molar-refractivity contribution in [2.24, 2.45) is 0 Å². The predicted molar refractivity (Wildman–Crippen MR) is 265 cm³/mol. The van der Waals surface area contributed by atoms with Crippen molar-refractivity contribution in [3.05, 3.63) is 72.9 Å². The smallest absolute Gasteiger partial charge is 0.306 e. The lowest BCUT2D eigenvalue weighted by atomic mass is 10.0. The molecule has 0 aromatic heterocycles. The summed E-state index contributed by atoms with van der Waals surface area (Å²) in [7, 11) is 0. The molecular formula is C56H96O6. The van der Waals surface area contributed by atoms with E-state index in [0.717, 1.165) is 96.3 Å². The van der Waals surface area contributed by atoms with Crippen molar-refractivity contribution >= 4 is 17.9 Å². The first-order valence-electron chi connectivity index (χ1n) is 26.0. The second-order valence-corrected chi connectivity index (χ2v) is 17.2. The fraction of sp³-hybridized carbons (Fsp3) is 0.732. The molecule has 6 nitrogen and oxygen atoms in total. The number of hydrogen-bond acceptors (Lipinski definition) is 6. The molecule has 0 aromatic carbocycles. The van der Waals surface area contributed by atoms with Crippen molar-refractivity contribution in [1.82, 2.24) is 0 Å². The number of allylic oxidation sites excluding steroid dienone is 12. The van der Waals surface area contributed by atoms with Crippen LogP contribution in [0.2, 0.25) is 0 Å². The van der Waals surface area contributed by atoms with Crippen molar-refractivity contribution in [1.29, 1.82) is 0 Å². The van der Waals surface area contributed by atoms with E-state index in [1.807, 2.05) is 24.3 Å². The summed E-state index contributed by atoms with van der Waals surface area (Å²) < 4.78 is 16.8. The molecule has 0 radical (unpaired) electrons. The molecule has 0 aliphatic rings. The molecule has 0 saturated heterocycles. The van der Waals surface area contributed by atoms with Gasteiger partial charge in [0.2, 0.25) is 0 Å². The second kappa shape index (κ2) is 50.5. The van der Waals surface area contributed by atoms with E-state index < -0.39 is 6.10 Å². The molecule has 0 saturated carbocycles. The normalized spacial score (nSPS) is 12.6. The quantitative estimate of drug-likeness (QED) is 0.0199. The maximum atomic E-state index is 12.8. The number of unbranched alkanes of at least 4 members (excludes halogenated alkanes) is 27. The number of ether oxygens (including phenoxy) is 3. The lowest BCUT2D eigenvalue weighted by Gasteiger charge is -2.18. The molecule has 0 fully saturated rings. The van der Waals surface area contributed by atoms with Crippen LogP contribution in [0.25, 0.3) is 0 Å². The monoisotopic (exact) mass is 865 g/mol.